The Labute approximate surface area is 168 Å². The van der Waals surface area contributed by atoms with E-state index in [1.165, 1.54) is 19.4 Å². The normalized spacial score (nSPS) is 22.2. The van der Waals surface area contributed by atoms with Gasteiger partial charge >= 0.3 is 5.97 Å². The summed E-state index contributed by atoms with van der Waals surface area (Å²) in [5.74, 6) is -0.604. The zero-order valence-corrected chi connectivity index (χ0v) is 17.0. The fourth-order valence-corrected chi connectivity index (χ4v) is 4.60. The summed E-state index contributed by atoms with van der Waals surface area (Å²) in [6.45, 7) is 4.92. The van der Waals surface area contributed by atoms with E-state index in [0.29, 0.717) is 23.8 Å². The number of nitrogens with zero attached hydrogens (tertiary/aromatic N) is 1. The molecule has 0 bridgehead atoms. The van der Waals surface area contributed by atoms with Crippen LogP contribution in [0.25, 0.3) is 0 Å². The first-order chi connectivity index (χ1) is 13.5. The Hall–Kier alpha value is -2.17. The van der Waals surface area contributed by atoms with Crippen molar-refractivity contribution in [3.05, 3.63) is 71.8 Å². The molecule has 4 nitrogen and oxygen atoms in total. The van der Waals surface area contributed by atoms with Crippen LogP contribution >= 0.6 is 0 Å². The lowest BCUT2D eigenvalue weighted by atomic mass is 9.86. The molecule has 0 saturated carbocycles. The highest BCUT2D eigenvalue weighted by Crippen LogP contribution is 2.32. The Morgan fingerprint density at radius 2 is 1.68 bits per heavy atom. The lowest BCUT2D eigenvalue weighted by Crippen LogP contribution is -2.49. The molecular weight excluding hydrogens is 350 g/mol. The Kier molecular flexibility index (Phi) is 6.53. The quantitative estimate of drug-likeness (QED) is 0.557. The van der Waals surface area contributed by atoms with Gasteiger partial charge in [-0.3, -0.25) is 0 Å². The van der Waals surface area contributed by atoms with Gasteiger partial charge in [0.15, 0.2) is 0 Å². The number of aliphatic hydroxyl groups is 1. The Balaban J connectivity index is 1.73. The molecule has 1 aliphatic heterocycles. The van der Waals surface area contributed by atoms with E-state index in [-0.39, 0.29) is 0 Å². The number of hydrogen-bond donors (Lipinski definition) is 1. The largest absolute Gasteiger partial charge is 0.463 e. The first kappa shape index (κ1) is 20.6. The molecule has 3 rings (SSSR count). The van der Waals surface area contributed by atoms with Gasteiger partial charge in [0, 0.05) is 19.3 Å². The number of benzene rings is 2. The van der Waals surface area contributed by atoms with Crippen LogP contribution in [0.15, 0.2) is 60.7 Å². The first-order valence-electron chi connectivity index (χ1n) is 10.4. The molecule has 1 heterocycles. The predicted molar refractivity (Wildman–Crippen MR) is 111 cm³/mol. The molecule has 0 aromatic heterocycles. The number of hydrogen-bond acceptors (Lipinski definition) is 3. The fraction of sp³-hybridized carbons (Fsp3) is 0.458. The van der Waals surface area contributed by atoms with Gasteiger partial charge in [-0.2, -0.15) is 0 Å². The average Bonchev–Trinajstić information content (AvgIpc) is 3.09. The predicted octanol–water partition coefficient (Wildman–Crippen LogP) is 3.87. The average molecular weight is 383 g/mol. The van der Waals surface area contributed by atoms with Crippen LogP contribution in [0.3, 0.4) is 0 Å². The summed E-state index contributed by atoms with van der Waals surface area (Å²) in [7, 11) is 2.31. The van der Waals surface area contributed by atoms with E-state index in [2.05, 4.69) is 14.0 Å². The van der Waals surface area contributed by atoms with Gasteiger partial charge in [-0.15, -0.1) is 0 Å². The van der Waals surface area contributed by atoms with Gasteiger partial charge in [0.25, 0.3) is 0 Å². The maximum absolute atomic E-state index is 13.0. The second kappa shape index (κ2) is 8.89. The van der Waals surface area contributed by atoms with Crippen molar-refractivity contribution in [2.24, 2.45) is 0 Å². The molecule has 4 heteroatoms. The summed E-state index contributed by atoms with van der Waals surface area (Å²) in [5, 5.41) is 11.4. The molecular formula is C24H32NO3+. The van der Waals surface area contributed by atoms with Gasteiger partial charge in [-0.1, -0.05) is 67.6 Å². The standard InChI is InChI=1S/C24H32NO3/c1-3-17-25(2)18-10-15-22(25)16-19-28-23(26)24(27,20-11-6-4-7-12-20)21-13-8-5-9-14-21/h4-9,11-14,22,27H,3,10,15-19H2,1-2H3/q+1. The van der Waals surface area contributed by atoms with Gasteiger partial charge < -0.3 is 14.3 Å². The van der Waals surface area contributed by atoms with E-state index in [4.69, 9.17) is 4.74 Å². The van der Waals surface area contributed by atoms with Crippen molar-refractivity contribution in [1.82, 2.24) is 0 Å². The van der Waals surface area contributed by atoms with Gasteiger partial charge in [-0.05, 0) is 17.5 Å². The maximum Gasteiger partial charge on any atom is 0.347 e. The zero-order chi connectivity index (χ0) is 20.0. The van der Waals surface area contributed by atoms with Gasteiger partial charge in [0.2, 0.25) is 5.60 Å². The van der Waals surface area contributed by atoms with Crippen molar-refractivity contribution in [3.8, 4) is 0 Å². The third kappa shape index (κ3) is 4.13. The topological polar surface area (TPSA) is 46.5 Å². The highest BCUT2D eigenvalue weighted by Gasteiger charge is 2.42. The zero-order valence-electron chi connectivity index (χ0n) is 17.0. The molecule has 2 atom stereocenters. The molecule has 1 saturated heterocycles. The molecule has 28 heavy (non-hydrogen) atoms. The van der Waals surface area contributed by atoms with Crippen molar-refractivity contribution in [2.45, 2.75) is 44.2 Å². The van der Waals surface area contributed by atoms with Crippen molar-refractivity contribution < 1.29 is 19.1 Å². The molecule has 1 N–H and O–H groups in total. The van der Waals surface area contributed by atoms with Crippen LogP contribution in [0.1, 0.15) is 43.7 Å². The second-order valence-electron chi connectivity index (χ2n) is 8.09. The SMILES string of the molecule is CCC[N+]1(C)CCCC1CCOC(=O)C(O)(c1ccccc1)c1ccccc1. The maximum atomic E-state index is 13.0. The van der Waals surface area contributed by atoms with Crippen LogP contribution in [-0.4, -0.2) is 48.3 Å². The minimum Gasteiger partial charge on any atom is -0.463 e. The van der Waals surface area contributed by atoms with Crippen LogP contribution in [-0.2, 0) is 15.1 Å². The Bertz CT molecular complexity index is 722. The van der Waals surface area contributed by atoms with Crippen molar-refractivity contribution in [3.63, 3.8) is 0 Å². The molecule has 2 unspecified atom stereocenters. The Morgan fingerprint density at radius 1 is 1.11 bits per heavy atom. The summed E-state index contributed by atoms with van der Waals surface area (Å²) in [6, 6.07) is 18.6. The number of carbonyl (C=O) groups excluding carboxylic acids is 1. The molecule has 2 aromatic carbocycles. The van der Waals surface area contributed by atoms with Crippen LogP contribution in [0.5, 0.6) is 0 Å². The summed E-state index contributed by atoms with van der Waals surface area (Å²) < 4.78 is 6.72. The molecule has 150 valence electrons. The molecule has 0 radical (unpaired) electrons. The summed E-state index contributed by atoms with van der Waals surface area (Å²) in [5.41, 5.74) is -0.739. The molecule has 1 aliphatic rings. The number of ether oxygens (including phenoxy) is 1. The van der Waals surface area contributed by atoms with Crippen molar-refractivity contribution in [2.75, 3.05) is 26.7 Å². The monoisotopic (exact) mass is 382 g/mol. The van der Waals surface area contributed by atoms with Crippen molar-refractivity contribution in [1.29, 1.82) is 0 Å². The Morgan fingerprint density at radius 3 is 2.21 bits per heavy atom. The molecule has 0 spiro atoms. The summed E-state index contributed by atoms with van der Waals surface area (Å²) in [6.07, 6.45) is 4.40. The lowest BCUT2D eigenvalue weighted by Gasteiger charge is -2.36. The molecule has 2 aromatic rings. The molecule has 1 fully saturated rings. The van der Waals surface area contributed by atoms with Crippen LogP contribution < -0.4 is 0 Å². The van der Waals surface area contributed by atoms with Crippen LogP contribution in [0.4, 0.5) is 0 Å². The second-order valence-corrected chi connectivity index (χ2v) is 8.09. The third-order valence-electron chi connectivity index (χ3n) is 6.19. The van der Waals surface area contributed by atoms with Crippen molar-refractivity contribution >= 4 is 5.97 Å². The third-order valence-corrected chi connectivity index (χ3v) is 6.19. The smallest absolute Gasteiger partial charge is 0.347 e. The van der Waals surface area contributed by atoms with Gasteiger partial charge in [0.05, 0.1) is 32.8 Å². The number of quaternary nitrogens is 1. The highest BCUT2D eigenvalue weighted by molar-refractivity contribution is 5.85. The number of carbonyl (C=O) groups is 1. The van der Waals surface area contributed by atoms with Gasteiger partial charge in [0.1, 0.15) is 0 Å². The molecule has 0 amide bonds. The number of rotatable bonds is 8. The number of likely N-dealkylation sites (tertiary alicyclic amines) is 1. The van der Waals surface area contributed by atoms with E-state index in [9.17, 15) is 9.90 Å². The van der Waals surface area contributed by atoms with E-state index in [1.807, 2.05) is 36.4 Å². The summed E-state index contributed by atoms with van der Waals surface area (Å²) in [4.78, 5) is 13.0. The highest BCUT2D eigenvalue weighted by atomic mass is 16.5. The fourth-order valence-electron chi connectivity index (χ4n) is 4.60. The van der Waals surface area contributed by atoms with Crippen LogP contribution in [0, 0.1) is 0 Å². The summed E-state index contributed by atoms with van der Waals surface area (Å²) >= 11 is 0. The van der Waals surface area contributed by atoms with Gasteiger partial charge in [-0.25, -0.2) is 4.79 Å². The van der Waals surface area contributed by atoms with Crippen LogP contribution in [0.2, 0.25) is 0 Å². The first-order valence-corrected chi connectivity index (χ1v) is 10.4. The van der Waals surface area contributed by atoms with E-state index in [0.717, 1.165) is 23.9 Å². The minimum absolute atomic E-state index is 0.336. The van der Waals surface area contributed by atoms with E-state index in [1.54, 1.807) is 24.3 Å². The minimum atomic E-state index is -1.79. The van der Waals surface area contributed by atoms with E-state index < -0.39 is 11.6 Å². The molecule has 0 aliphatic carbocycles. The van der Waals surface area contributed by atoms with E-state index >= 15 is 0 Å². The number of esters is 1. The lowest BCUT2D eigenvalue weighted by molar-refractivity contribution is -0.921.